The second-order valence-corrected chi connectivity index (χ2v) is 6.79. The molecule has 148 valence electrons. The zero-order valence-corrected chi connectivity index (χ0v) is 18.5. The number of hydrogen-bond donors (Lipinski definition) is 2. The second kappa shape index (κ2) is 11.2. The van der Waals surface area contributed by atoms with Gasteiger partial charge in [-0.3, -0.25) is 0 Å². The lowest BCUT2D eigenvalue weighted by molar-refractivity contribution is 0.296. The van der Waals surface area contributed by atoms with Gasteiger partial charge in [0.05, 0.1) is 19.5 Å². The summed E-state index contributed by atoms with van der Waals surface area (Å²) in [6.45, 7) is 8.06. The summed E-state index contributed by atoms with van der Waals surface area (Å²) in [5, 5.41) is 6.67. The van der Waals surface area contributed by atoms with E-state index in [2.05, 4.69) is 47.7 Å². The number of imidazole rings is 1. The molecule has 0 unspecified atom stereocenters. The van der Waals surface area contributed by atoms with Gasteiger partial charge < -0.3 is 19.9 Å². The molecule has 1 fully saturated rings. The lowest BCUT2D eigenvalue weighted by atomic mass is 10.1. The van der Waals surface area contributed by atoms with Gasteiger partial charge in [0.15, 0.2) is 5.96 Å². The van der Waals surface area contributed by atoms with E-state index in [1.54, 1.807) is 6.20 Å². The zero-order valence-electron chi connectivity index (χ0n) is 16.1. The van der Waals surface area contributed by atoms with Crippen LogP contribution in [0.5, 0.6) is 5.75 Å². The molecule has 27 heavy (non-hydrogen) atoms. The molecule has 0 aliphatic heterocycles. The Bertz CT molecular complexity index is 713. The predicted molar refractivity (Wildman–Crippen MR) is 120 cm³/mol. The fourth-order valence-electron chi connectivity index (χ4n) is 2.65. The number of aromatic nitrogens is 2. The largest absolute Gasteiger partial charge is 0.493 e. The van der Waals surface area contributed by atoms with Crippen molar-refractivity contribution in [1.29, 1.82) is 0 Å². The summed E-state index contributed by atoms with van der Waals surface area (Å²) in [6, 6.07) is 6.36. The molecule has 0 spiro atoms. The zero-order chi connectivity index (χ0) is 18.2. The van der Waals surface area contributed by atoms with Crippen molar-refractivity contribution in [1.82, 2.24) is 20.2 Å². The van der Waals surface area contributed by atoms with Crippen molar-refractivity contribution in [2.75, 3.05) is 19.7 Å². The van der Waals surface area contributed by atoms with E-state index >= 15 is 0 Å². The highest BCUT2D eigenvalue weighted by Gasteiger charge is 2.22. The van der Waals surface area contributed by atoms with Crippen molar-refractivity contribution in [2.24, 2.45) is 10.9 Å². The molecule has 1 aromatic carbocycles. The van der Waals surface area contributed by atoms with Crippen LogP contribution in [0.2, 0.25) is 0 Å². The lowest BCUT2D eigenvalue weighted by Crippen LogP contribution is -2.38. The first kappa shape index (κ1) is 21.5. The Morgan fingerprint density at radius 1 is 1.33 bits per heavy atom. The molecule has 0 radical (unpaired) electrons. The Kier molecular flexibility index (Phi) is 8.90. The van der Waals surface area contributed by atoms with Crippen molar-refractivity contribution in [3.8, 4) is 5.75 Å². The number of nitrogens with one attached hydrogen (secondary N) is 2. The number of benzene rings is 1. The van der Waals surface area contributed by atoms with E-state index in [-0.39, 0.29) is 24.0 Å². The number of guanidine groups is 1. The highest BCUT2D eigenvalue weighted by Crippen LogP contribution is 2.30. The number of aliphatic imine (C=N–C) groups is 1. The molecule has 7 heteroatoms. The van der Waals surface area contributed by atoms with Crippen LogP contribution in [0.1, 0.15) is 30.9 Å². The van der Waals surface area contributed by atoms with E-state index in [1.165, 1.54) is 18.4 Å². The molecule has 2 N–H and O–H groups in total. The van der Waals surface area contributed by atoms with E-state index in [1.807, 2.05) is 17.1 Å². The van der Waals surface area contributed by atoms with Gasteiger partial charge in [0, 0.05) is 37.6 Å². The number of nitrogens with zero attached hydrogens (tertiary/aromatic N) is 3. The van der Waals surface area contributed by atoms with Gasteiger partial charge >= 0.3 is 0 Å². The summed E-state index contributed by atoms with van der Waals surface area (Å²) in [6.07, 6.45) is 8.17. The van der Waals surface area contributed by atoms with Crippen LogP contribution in [0, 0.1) is 12.8 Å². The molecular weight excluding hydrogens is 453 g/mol. The van der Waals surface area contributed by atoms with Crippen LogP contribution < -0.4 is 15.4 Å². The van der Waals surface area contributed by atoms with Crippen molar-refractivity contribution < 1.29 is 4.74 Å². The number of ether oxygens (including phenoxy) is 1. The van der Waals surface area contributed by atoms with Gasteiger partial charge in [-0.15, -0.1) is 24.0 Å². The maximum atomic E-state index is 6.04. The van der Waals surface area contributed by atoms with Crippen LogP contribution in [0.4, 0.5) is 0 Å². The van der Waals surface area contributed by atoms with Crippen LogP contribution in [0.25, 0.3) is 0 Å². The van der Waals surface area contributed by atoms with Gasteiger partial charge in [-0.1, -0.05) is 12.1 Å². The summed E-state index contributed by atoms with van der Waals surface area (Å²) in [5.74, 6) is 2.53. The quantitative estimate of drug-likeness (QED) is 0.326. The van der Waals surface area contributed by atoms with Gasteiger partial charge in [-0.05, 0) is 44.2 Å². The summed E-state index contributed by atoms with van der Waals surface area (Å²) < 4.78 is 8.09. The maximum absolute atomic E-state index is 6.04. The average Bonchev–Trinajstić information content (AvgIpc) is 3.33. The minimum absolute atomic E-state index is 0. The first-order chi connectivity index (χ1) is 12.7. The standard InChI is InChI=1S/C20H29N5O.HI/c1-3-22-20(23-9-11-25-10-8-21-15-25)24-13-18-7-4-16(2)12-19(18)26-14-17-5-6-17;/h4,7-8,10,12,15,17H,3,5-6,9,11,13-14H2,1-2H3,(H2,22,23,24);1H. The fraction of sp³-hybridized carbons (Fsp3) is 0.500. The molecule has 1 aromatic heterocycles. The van der Waals surface area contributed by atoms with Gasteiger partial charge in [0.1, 0.15) is 5.75 Å². The monoisotopic (exact) mass is 483 g/mol. The van der Waals surface area contributed by atoms with E-state index in [9.17, 15) is 0 Å². The molecule has 1 saturated carbocycles. The van der Waals surface area contributed by atoms with Crippen LogP contribution >= 0.6 is 24.0 Å². The average molecular weight is 483 g/mol. The van der Waals surface area contributed by atoms with E-state index in [4.69, 9.17) is 9.73 Å². The molecule has 1 heterocycles. The third-order valence-corrected chi connectivity index (χ3v) is 4.37. The normalized spacial score (nSPS) is 13.8. The van der Waals surface area contributed by atoms with Crippen LogP contribution in [0.3, 0.4) is 0 Å². The minimum Gasteiger partial charge on any atom is -0.493 e. The number of halogens is 1. The van der Waals surface area contributed by atoms with Gasteiger partial charge in [-0.2, -0.15) is 0 Å². The second-order valence-electron chi connectivity index (χ2n) is 6.79. The van der Waals surface area contributed by atoms with E-state index in [0.29, 0.717) is 6.54 Å². The molecule has 2 aromatic rings. The number of hydrogen-bond acceptors (Lipinski definition) is 3. The third kappa shape index (κ3) is 7.40. The Balaban J connectivity index is 0.00000261. The molecule has 1 aliphatic carbocycles. The van der Waals surface area contributed by atoms with Gasteiger partial charge in [0.2, 0.25) is 0 Å². The fourth-order valence-corrected chi connectivity index (χ4v) is 2.65. The topological polar surface area (TPSA) is 63.5 Å². The molecule has 6 nitrogen and oxygen atoms in total. The van der Waals surface area contributed by atoms with E-state index < -0.39 is 0 Å². The Morgan fingerprint density at radius 2 is 2.19 bits per heavy atom. The summed E-state index contributed by atoms with van der Waals surface area (Å²) in [5.41, 5.74) is 2.34. The van der Waals surface area contributed by atoms with Gasteiger partial charge in [0.25, 0.3) is 0 Å². The molecule has 3 rings (SSSR count). The molecule has 0 amide bonds. The predicted octanol–water partition coefficient (Wildman–Crippen LogP) is 3.35. The lowest BCUT2D eigenvalue weighted by Gasteiger charge is -2.14. The minimum atomic E-state index is 0. The number of aryl methyl sites for hydroxylation is 1. The summed E-state index contributed by atoms with van der Waals surface area (Å²) in [7, 11) is 0. The van der Waals surface area contributed by atoms with Crippen molar-refractivity contribution in [2.45, 2.75) is 39.8 Å². The Labute approximate surface area is 178 Å². The van der Waals surface area contributed by atoms with Crippen molar-refractivity contribution in [3.05, 3.63) is 48.0 Å². The molecule has 0 bridgehead atoms. The smallest absolute Gasteiger partial charge is 0.191 e. The summed E-state index contributed by atoms with van der Waals surface area (Å²) >= 11 is 0. The molecule has 0 saturated heterocycles. The van der Waals surface area contributed by atoms with Crippen LogP contribution in [-0.4, -0.2) is 35.2 Å². The Hall–Kier alpha value is -1.77. The maximum Gasteiger partial charge on any atom is 0.191 e. The Morgan fingerprint density at radius 3 is 2.89 bits per heavy atom. The van der Waals surface area contributed by atoms with E-state index in [0.717, 1.165) is 49.4 Å². The summed E-state index contributed by atoms with van der Waals surface area (Å²) in [4.78, 5) is 8.78. The first-order valence-corrected chi connectivity index (χ1v) is 9.45. The highest BCUT2D eigenvalue weighted by atomic mass is 127. The molecule has 0 atom stereocenters. The SMILES string of the molecule is CCNC(=NCc1ccc(C)cc1OCC1CC1)NCCn1ccnc1.I. The van der Waals surface area contributed by atoms with Crippen LogP contribution in [0.15, 0.2) is 41.9 Å². The van der Waals surface area contributed by atoms with Gasteiger partial charge in [-0.25, -0.2) is 9.98 Å². The highest BCUT2D eigenvalue weighted by molar-refractivity contribution is 14.0. The molecular formula is C20H30IN5O. The van der Waals surface area contributed by atoms with Crippen molar-refractivity contribution >= 4 is 29.9 Å². The van der Waals surface area contributed by atoms with Crippen LogP contribution in [-0.2, 0) is 13.1 Å². The number of rotatable bonds is 9. The first-order valence-electron chi connectivity index (χ1n) is 9.45. The molecule has 1 aliphatic rings. The third-order valence-electron chi connectivity index (χ3n) is 4.37. The van der Waals surface area contributed by atoms with Crippen molar-refractivity contribution in [3.63, 3.8) is 0 Å².